The first-order valence-electron chi connectivity index (χ1n) is 12.0. The summed E-state index contributed by atoms with van der Waals surface area (Å²) in [7, 11) is 1.77. The van der Waals surface area contributed by atoms with Crippen molar-refractivity contribution in [3.8, 4) is 11.5 Å². The van der Waals surface area contributed by atoms with E-state index in [1.54, 1.807) is 19.2 Å². The number of aromatic nitrogens is 1. The second-order valence-corrected chi connectivity index (χ2v) is 8.91. The van der Waals surface area contributed by atoms with Crippen LogP contribution in [0.1, 0.15) is 42.0 Å². The number of aromatic hydroxyl groups is 1. The van der Waals surface area contributed by atoms with Crippen molar-refractivity contribution in [2.45, 2.75) is 38.3 Å². The predicted octanol–water partition coefficient (Wildman–Crippen LogP) is 5.07. The van der Waals surface area contributed by atoms with E-state index in [4.69, 9.17) is 4.74 Å². The number of hydrogen-bond acceptors (Lipinski definition) is 5. The van der Waals surface area contributed by atoms with Crippen LogP contribution in [0.4, 0.5) is 0 Å². The van der Waals surface area contributed by atoms with E-state index >= 15 is 0 Å². The molecule has 0 radical (unpaired) electrons. The Morgan fingerprint density at radius 3 is 2.45 bits per heavy atom. The van der Waals surface area contributed by atoms with Crippen molar-refractivity contribution in [1.82, 2.24) is 14.8 Å². The van der Waals surface area contributed by atoms with Crippen LogP contribution < -0.4 is 4.74 Å². The third-order valence-electron chi connectivity index (χ3n) is 6.57. The lowest BCUT2D eigenvalue weighted by Gasteiger charge is -2.33. The monoisotopic (exact) mass is 445 g/mol. The third kappa shape index (κ3) is 6.80. The summed E-state index contributed by atoms with van der Waals surface area (Å²) in [5.74, 6) is 1.93. The molecule has 1 aliphatic rings. The standard InChI is InChI=1S/C28H35N3O2/c1-33-28-9-3-2-8-27(28)24-14-19-30(20-15-24)17-6-18-31(22-25-7-4-5-16-29-25)21-23-10-12-26(32)13-11-23/h2-5,7-13,16,24,32H,6,14-15,17-22H2,1H3. The Hall–Kier alpha value is -2.89. The molecule has 0 aliphatic carbocycles. The molecule has 3 aromatic rings. The maximum absolute atomic E-state index is 9.60. The molecule has 0 saturated carbocycles. The number of phenolic OH excluding ortho intramolecular Hbond substituents is 1. The van der Waals surface area contributed by atoms with Crippen molar-refractivity contribution < 1.29 is 9.84 Å². The normalized spacial score (nSPS) is 15.1. The van der Waals surface area contributed by atoms with Gasteiger partial charge in [-0.25, -0.2) is 0 Å². The van der Waals surface area contributed by atoms with Crippen molar-refractivity contribution >= 4 is 0 Å². The van der Waals surface area contributed by atoms with Crippen LogP contribution in [0.2, 0.25) is 0 Å². The molecule has 2 heterocycles. The van der Waals surface area contributed by atoms with Crippen LogP contribution in [0.3, 0.4) is 0 Å². The molecule has 0 atom stereocenters. The van der Waals surface area contributed by atoms with E-state index in [9.17, 15) is 5.11 Å². The number of likely N-dealkylation sites (tertiary alicyclic amines) is 1. The Morgan fingerprint density at radius 2 is 1.73 bits per heavy atom. The molecule has 4 rings (SSSR count). The van der Waals surface area contributed by atoms with Gasteiger partial charge in [-0.05, 0) is 86.3 Å². The Balaban J connectivity index is 1.28. The zero-order chi connectivity index (χ0) is 22.9. The van der Waals surface area contributed by atoms with Gasteiger partial charge < -0.3 is 14.7 Å². The largest absolute Gasteiger partial charge is 0.508 e. The average molecular weight is 446 g/mol. The van der Waals surface area contributed by atoms with Crippen LogP contribution in [0.25, 0.3) is 0 Å². The Labute approximate surface area is 197 Å². The highest BCUT2D eigenvalue weighted by atomic mass is 16.5. The molecule has 5 nitrogen and oxygen atoms in total. The molecule has 33 heavy (non-hydrogen) atoms. The minimum atomic E-state index is 0.312. The molecule has 1 N–H and O–H groups in total. The zero-order valence-electron chi connectivity index (χ0n) is 19.6. The van der Waals surface area contributed by atoms with Crippen LogP contribution in [0.15, 0.2) is 72.9 Å². The van der Waals surface area contributed by atoms with Gasteiger partial charge in [0.15, 0.2) is 0 Å². The highest BCUT2D eigenvalue weighted by Gasteiger charge is 2.22. The lowest BCUT2D eigenvalue weighted by molar-refractivity contribution is 0.185. The second kappa shape index (κ2) is 11.8. The van der Waals surface area contributed by atoms with Crippen LogP contribution in [-0.2, 0) is 13.1 Å². The zero-order valence-corrected chi connectivity index (χ0v) is 19.6. The van der Waals surface area contributed by atoms with Crippen molar-refractivity contribution in [1.29, 1.82) is 0 Å². The first kappa shape index (κ1) is 23.3. The molecule has 174 valence electrons. The fraction of sp³-hybridized carbons (Fsp3) is 0.393. The van der Waals surface area contributed by atoms with Gasteiger partial charge >= 0.3 is 0 Å². The minimum absolute atomic E-state index is 0.312. The van der Waals surface area contributed by atoms with E-state index < -0.39 is 0 Å². The molecular formula is C28H35N3O2. The summed E-state index contributed by atoms with van der Waals surface area (Å²) in [6.07, 6.45) is 5.36. The number of nitrogens with zero attached hydrogens (tertiary/aromatic N) is 3. The van der Waals surface area contributed by atoms with Gasteiger partial charge in [-0.1, -0.05) is 36.4 Å². The van der Waals surface area contributed by atoms with Gasteiger partial charge in [0.05, 0.1) is 12.8 Å². The summed E-state index contributed by atoms with van der Waals surface area (Å²) in [5.41, 5.74) is 3.66. The Bertz CT molecular complexity index is 970. The van der Waals surface area contributed by atoms with Gasteiger partial charge in [0.1, 0.15) is 11.5 Å². The topological polar surface area (TPSA) is 48.8 Å². The molecule has 2 aromatic carbocycles. The number of methoxy groups -OCH3 is 1. The van der Waals surface area contributed by atoms with Gasteiger partial charge in [-0.3, -0.25) is 9.88 Å². The number of phenols is 1. The molecule has 0 unspecified atom stereocenters. The van der Waals surface area contributed by atoms with Gasteiger partial charge in [-0.2, -0.15) is 0 Å². The van der Waals surface area contributed by atoms with Crippen molar-refractivity contribution in [2.24, 2.45) is 0 Å². The van der Waals surface area contributed by atoms with E-state index in [1.165, 1.54) is 24.0 Å². The highest BCUT2D eigenvalue weighted by Crippen LogP contribution is 2.34. The van der Waals surface area contributed by atoms with Crippen molar-refractivity contribution in [2.75, 3.05) is 33.3 Å². The van der Waals surface area contributed by atoms with Crippen LogP contribution in [-0.4, -0.2) is 53.2 Å². The summed E-state index contributed by atoms with van der Waals surface area (Å²) >= 11 is 0. The summed E-state index contributed by atoms with van der Waals surface area (Å²) in [4.78, 5) is 9.58. The van der Waals surface area contributed by atoms with E-state index in [-0.39, 0.29) is 0 Å². The van der Waals surface area contributed by atoms with E-state index in [0.29, 0.717) is 11.7 Å². The van der Waals surface area contributed by atoms with Gasteiger partial charge in [0, 0.05) is 25.8 Å². The fourth-order valence-corrected chi connectivity index (χ4v) is 4.78. The molecule has 1 aliphatic heterocycles. The van der Waals surface area contributed by atoms with E-state index in [0.717, 1.165) is 57.1 Å². The number of pyridine rings is 1. The second-order valence-electron chi connectivity index (χ2n) is 8.91. The lowest BCUT2D eigenvalue weighted by atomic mass is 9.89. The predicted molar refractivity (Wildman–Crippen MR) is 132 cm³/mol. The maximum atomic E-state index is 9.60. The molecule has 0 spiro atoms. The van der Waals surface area contributed by atoms with Gasteiger partial charge in [0.2, 0.25) is 0 Å². The number of benzene rings is 2. The molecule has 1 fully saturated rings. The molecule has 5 heteroatoms. The maximum Gasteiger partial charge on any atom is 0.122 e. The first-order valence-corrected chi connectivity index (χ1v) is 12.0. The minimum Gasteiger partial charge on any atom is -0.508 e. The fourth-order valence-electron chi connectivity index (χ4n) is 4.78. The van der Waals surface area contributed by atoms with Crippen molar-refractivity contribution in [3.05, 3.63) is 89.7 Å². The summed E-state index contributed by atoms with van der Waals surface area (Å²) in [6, 6.07) is 22.1. The number of para-hydroxylation sites is 1. The summed E-state index contributed by atoms with van der Waals surface area (Å²) in [5, 5.41) is 9.60. The summed E-state index contributed by atoms with van der Waals surface area (Å²) < 4.78 is 5.58. The lowest BCUT2D eigenvalue weighted by Crippen LogP contribution is -2.35. The number of rotatable bonds is 10. The van der Waals surface area contributed by atoms with E-state index in [2.05, 4.69) is 39.0 Å². The Kier molecular flexibility index (Phi) is 8.34. The quantitative estimate of drug-likeness (QED) is 0.472. The van der Waals surface area contributed by atoms with E-state index in [1.807, 2.05) is 36.5 Å². The van der Waals surface area contributed by atoms with Crippen LogP contribution in [0, 0.1) is 0 Å². The van der Waals surface area contributed by atoms with Crippen molar-refractivity contribution in [3.63, 3.8) is 0 Å². The number of hydrogen-bond donors (Lipinski definition) is 1. The average Bonchev–Trinajstić information content (AvgIpc) is 2.86. The van der Waals surface area contributed by atoms with Gasteiger partial charge in [-0.15, -0.1) is 0 Å². The molecule has 0 amide bonds. The third-order valence-corrected chi connectivity index (χ3v) is 6.57. The molecule has 0 bridgehead atoms. The molecular weight excluding hydrogens is 410 g/mol. The van der Waals surface area contributed by atoms with Crippen LogP contribution >= 0.6 is 0 Å². The van der Waals surface area contributed by atoms with Crippen LogP contribution in [0.5, 0.6) is 11.5 Å². The van der Waals surface area contributed by atoms with Gasteiger partial charge in [0.25, 0.3) is 0 Å². The summed E-state index contributed by atoms with van der Waals surface area (Å²) in [6.45, 7) is 6.10. The first-order chi connectivity index (χ1) is 16.2. The SMILES string of the molecule is COc1ccccc1C1CCN(CCCN(Cc2ccc(O)cc2)Cc2ccccn2)CC1. The Morgan fingerprint density at radius 1 is 0.970 bits per heavy atom. The molecule has 1 saturated heterocycles. The molecule has 1 aromatic heterocycles. The number of ether oxygens (including phenoxy) is 1. The highest BCUT2D eigenvalue weighted by molar-refractivity contribution is 5.36. The number of piperidine rings is 1. The smallest absolute Gasteiger partial charge is 0.122 e.